The van der Waals surface area contributed by atoms with Crippen LogP contribution in [0.25, 0.3) is 0 Å². The van der Waals surface area contributed by atoms with E-state index in [0.717, 1.165) is 6.54 Å². The zero-order valence-electron chi connectivity index (χ0n) is 10.5. The third-order valence-electron chi connectivity index (χ3n) is 2.05. The Morgan fingerprint density at radius 1 is 1.35 bits per heavy atom. The lowest BCUT2D eigenvalue weighted by Crippen LogP contribution is -2.33. The summed E-state index contributed by atoms with van der Waals surface area (Å²) in [5.74, 6) is -0.523. The fourth-order valence-corrected chi connectivity index (χ4v) is 1.32. The third-order valence-corrected chi connectivity index (χ3v) is 2.05. The lowest BCUT2D eigenvalue weighted by Gasteiger charge is -2.18. The van der Waals surface area contributed by atoms with Gasteiger partial charge in [0.15, 0.2) is 0 Å². The molecule has 3 nitrogen and oxygen atoms in total. The number of carbonyl (C=O) groups is 1. The summed E-state index contributed by atoms with van der Waals surface area (Å²) in [7, 11) is 0. The number of amides is 1. The molecule has 2 N–H and O–H groups in total. The van der Waals surface area contributed by atoms with E-state index in [2.05, 4.69) is 31.4 Å². The molecule has 0 radical (unpaired) electrons. The van der Waals surface area contributed by atoms with Crippen LogP contribution >= 0.6 is 0 Å². The van der Waals surface area contributed by atoms with Gasteiger partial charge in [0, 0.05) is 12.2 Å². The maximum absolute atomic E-state index is 12.9. The average Bonchev–Trinajstić information content (AvgIpc) is 2.15. The molecule has 0 aliphatic carbocycles. The van der Waals surface area contributed by atoms with Crippen LogP contribution < -0.4 is 10.6 Å². The molecule has 0 fully saturated rings. The molecule has 0 saturated carbocycles. The Balaban J connectivity index is 2.35. The smallest absolute Gasteiger partial charge is 0.238 e. The van der Waals surface area contributed by atoms with Crippen LogP contribution in [-0.2, 0) is 4.79 Å². The van der Waals surface area contributed by atoms with E-state index in [1.807, 2.05) is 0 Å². The van der Waals surface area contributed by atoms with Crippen LogP contribution in [0.1, 0.15) is 20.8 Å². The van der Waals surface area contributed by atoms with Gasteiger partial charge in [-0.1, -0.05) is 26.8 Å². The van der Waals surface area contributed by atoms with Gasteiger partial charge in [-0.3, -0.25) is 4.79 Å². The molecule has 1 aromatic rings. The van der Waals surface area contributed by atoms with Crippen molar-refractivity contribution in [3.63, 3.8) is 0 Å². The first-order valence-electron chi connectivity index (χ1n) is 5.63. The molecule has 4 heteroatoms. The maximum Gasteiger partial charge on any atom is 0.238 e. The van der Waals surface area contributed by atoms with Crippen molar-refractivity contribution in [1.29, 1.82) is 0 Å². The van der Waals surface area contributed by atoms with Crippen molar-refractivity contribution in [2.75, 3.05) is 18.4 Å². The molecule has 94 valence electrons. The highest BCUT2D eigenvalue weighted by Crippen LogP contribution is 2.10. The molecule has 1 aromatic carbocycles. The molecule has 0 saturated heterocycles. The first kappa shape index (κ1) is 13.6. The first-order chi connectivity index (χ1) is 7.87. The number of nitrogens with one attached hydrogen (secondary N) is 2. The zero-order chi connectivity index (χ0) is 12.9. The summed E-state index contributed by atoms with van der Waals surface area (Å²) in [6, 6.07) is 5.85. The highest BCUT2D eigenvalue weighted by Gasteiger charge is 2.10. The number of anilines is 1. The Kier molecular flexibility index (Phi) is 4.63. The van der Waals surface area contributed by atoms with Gasteiger partial charge in [0.1, 0.15) is 5.82 Å². The lowest BCUT2D eigenvalue weighted by atomic mass is 9.97. The molecule has 0 atom stereocenters. The zero-order valence-corrected chi connectivity index (χ0v) is 10.5. The second-order valence-electron chi connectivity index (χ2n) is 5.22. The molecule has 0 aromatic heterocycles. The number of hydrogen-bond acceptors (Lipinski definition) is 2. The molecule has 0 unspecified atom stereocenters. The van der Waals surface area contributed by atoms with Crippen molar-refractivity contribution in [3.05, 3.63) is 30.1 Å². The topological polar surface area (TPSA) is 41.1 Å². The summed E-state index contributed by atoms with van der Waals surface area (Å²) in [6.07, 6.45) is 0. The summed E-state index contributed by atoms with van der Waals surface area (Å²) in [5.41, 5.74) is 0.617. The third kappa shape index (κ3) is 6.02. The Bertz CT molecular complexity index is 385. The van der Waals surface area contributed by atoms with Crippen LogP contribution in [-0.4, -0.2) is 19.0 Å². The van der Waals surface area contributed by atoms with E-state index in [1.54, 1.807) is 12.1 Å². The standard InChI is InChI=1S/C13H19FN2O/c1-13(2,3)9-15-8-12(17)16-11-6-4-5-10(14)7-11/h4-7,15H,8-9H2,1-3H3,(H,16,17). The van der Waals surface area contributed by atoms with Crippen LogP contribution in [0, 0.1) is 11.2 Å². The minimum atomic E-state index is -0.356. The van der Waals surface area contributed by atoms with Crippen molar-refractivity contribution in [3.8, 4) is 0 Å². The van der Waals surface area contributed by atoms with E-state index in [4.69, 9.17) is 0 Å². The molecule has 0 heterocycles. The predicted octanol–water partition coefficient (Wildman–Crippen LogP) is 2.40. The summed E-state index contributed by atoms with van der Waals surface area (Å²) < 4.78 is 12.9. The largest absolute Gasteiger partial charge is 0.325 e. The molecular weight excluding hydrogens is 219 g/mol. The Morgan fingerprint density at radius 3 is 2.65 bits per heavy atom. The molecule has 0 aliphatic rings. The number of carbonyl (C=O) groups excluding carboxylic acids is 1. The van der Waals surface area contributed by atoms with Gasteiger partial charge in [-0.05, 0) is 23.6 Å². The number of rotatable bonds is 4. The Labute approximate surface area is 101 Å². The van der Waals surface area contributed by atoms with Gasteiger partial charge in [0.2, 0.25) is 5.91 Å². The van der Waals surface area contributed by atoms with Gasteiger partial charge in [-0.15, -0.1) is 0 Å². The van der Waals surface area contributed by atoms with Crippen molar-refractivity contribution >= 4 is 11.6 Å². The van der Waals surface area contributed by atoms with Crippen molar-refractivity contribution in [2.24, 2.45) is 5.41 Å². The van der Waals surface area contributed by atoms with Gasteiger partial charge in [-0.25, -0.2) is 4.39 Å². The fraction of sp³-hybridized carbons (Fsp3) is 0.462. The second-order valence-corrected chi connectivity index (χ2v) is 5.22. The van der Waals surface area contributed by atoms with Gasteiger partial charge < -0.3 is 10.6 Å². The second kappa shape index (κ2) is 5.77. The normalized spacial score (nSPS) is 11.3. The highest BCUT2D eigenvalue weighted by molar-refractivity contribution is 5.92. The molecule has 0 spiro atoms. The van der Waals surface area contributed by atoms with Crippen molar-refractivity contribution < 1.29 is 9.18 Å². The fourth-order valence-electron chi connectivity index (χ4n) is 1.32. The summed E-state index contributed by atoms with van der Waals surface area (Å²) >= 11 is 0. The summed E-state index contributed by atoms with van der Waals surface area (Å²) in [5, 5.41) is 5.68. The average molecular weight is 238 g/mol. The minimum absolute atomic E-state index is 0.138. The quantitative estimate of drug-likeness (QED) is 0.845. The molecular formula is C13H19FN2O. The van der Waals surface area contributed by atoms with Crippen LogP contribution in [0.2, 0.25) is 0 Å². The van der Waals surface area contributed by atoms with Gasteiger partial charge in [0.25, 0.3) is 0 Å². The van der Waals surface area contributed by atoms with Gasteiger partial charge in [-0.2, -0.15) is 0 Å². The minimum Gasteiger partial charge on any atom is -0.325 e. The first-order valence-corrected chi connectivity index (χ1v) is 5.63. The van der Waals surface area contributed by atoms with Crippen molar-refractivity contribution in [1.82, 2.24) is 5.32 Å². The highest BCUT2D eigenvalue weighted by atomic mass is 19.1. The molecule has 0 bridgehead atoms. The molecule has 0 aliphatic heterocycles. The van der Waals surface area contributed by atoms with Crippen LogP contribution in [0.15, 0.2) is 24.3 Å². The number of benzene rings is 1. The van der Waals surface area contributed by atoms with E-state index in [-0.39, 0.29) is 23.7 Å². The van der Waals surface area contributed by atoms with E-state index in [9.17, 15) is 9.18 Å². The van der Waals surface area contributed by atoms with E-state index in [0.29, 0.717) is 5.69 Å². The lowest BCUT2D eigenvalue weighted by molar-refractivity contribution is -0.115. The molecule has 17 heavy (non-hydrogen) atoms. The van der Waals surface area contributed by atoms with Gasteiger partial charge >= 0.3 is 0 Å². The SMILES string of the molecule is CC(C)(C)CNCC(=O)Nc1cccc(F)c1. The Morgan fingerprint density at radius 2 is 2.06 bits per heavy atom. The Hall–Kier alpha value is -1.42. The van der Waals surface area contributed by atoms with E-state index < -0.39 is 0 Å². The van der Waals surface area contributed by atoms with E-state index in [1.165, 1.54) is 12.1 Å². The van der Waals surface area contributed by atoms with Gasteiger partial charge in [0.05, 0.1) is 6.54 Å². The summed E-state index contributed by atoms with van der Waals surface area (Å²) in [4.78, 5) is 11.5. The van der Waals surface area contributed by atoms with E-state index >= 15 is 0 Å². The van der Waals surface area contributed by atoms with Crippen LogP contribution in [0.5, 0.6) is 0 Å². The number of halogens is 1. The van der Waals surface area contributed by atoms with Crippen LogP contribution in [0.3, 0.4) is 0 Å². The number of hydrogen-bond donors (Lipinski definition) is 2. The molecule has 1 amide bonds. The van der Waals surface area contributed by atoms with Crippen LogP contribution in [0.4, 0.5) is 10.1 Å². The predicted molar refractivity (Wildman–Crippen MR) is 67.4 cm³/mol. The molecule has 1 rings (SSSR count). The monoisotopic (exact) mass is 238 g/mol. The maximum atomic E-state index is 12.9. The van der Waals surface area contributed by atoms with Crippen molar-refractivity contribution in [2.45, 2.75) is 20.8 Å². The summed E-state index contributed by atoms with van der Waals surface area (Å²) in [6.45, 7) is 7.25.